The number of hydrogen-bond acceptors (Lipinski definition) is 5. The molecule has 0 aromatic heterocycles. The molecule has 2 amide bonds. The monoisotopic (exact) mass is 565 g/mol. The number of hydrogen-bond donors (Lipinski definition) is 1. The number of carbonyl (C=O) groups excluding carboxylic acids is 2. The number of methoxy groups -OCH3 is 1. The van der Waals surface area contributed by atoms with E-state index in [0.717, 1.165) is 27.4 Å². The Morgan fingerprint density at radius 1 is 0.925 bits per heavy atom. The summed E-state index contributed by atoms with van der Waals surface area (Å²) in [4.78, 5) is 28.6. The molecule has 8 nitrogen and oxygen atoms in total. The number of nitrogens with one attached hydrogen (secondary N) is 1. The van der Waals surface area contributed by atoms with Crippen molar-refractivity contribution in [3.63, 3.8) is 0 Å². The van der Waals surface area contributed by atoms with Gasteiger partial charge in [0.25, 0.3) is 10.0 Å². The van der Waals surface area contributed by atoms with E-state index >= 15 is 0 Å². The van der Waals surface area contributed by atoms with Crippen molar-refractivity contribution in [1.29, 1.82) is 0 Å². The molecule has 0 aliphatic carbocycles. The summed E-state index contributed by atoms with van der Waals surface area (Å²) < 4.78 is 34.1. The first-order valence-corrected chi connectivity index (χ1v) is 14.8. The second-order valence-electron chi connectivity index (χ2n) is 9.96. The lowest BCUT2D eigenvalue weighted by atomic mass is 10.1. The first kappa shape index (κ1) is 30.7. The largest absolute Gasteiger partial charge is 0.497 e. The van der Waals surface area contributed by atoms with Crippen LogP contribution in [-0.2, 0) is 26.2 Å². The molecule has 1 N–H and O–H groups in total. The third kappa shape index (κ3) is 7.41. The molecule has 0 saturated carbocycles. The van der Waals surface area contributed by atoms with Crippen molar-refractivity contribution in [2.75, 3.05) is 18.0 Å². The zero-order chi connectivity index (χ0) is 29.4. The second kappa shape index (κ2) is 13.5. The van der Waals surface area contributed by atoms with Crippen LogP contribution in [0.5, 0.6) is 5.75 Å². The molecular weight excluding hydrogens is 526 g/mol. The van der Waals surface area contributed by atoms with Crippen LogP contribution in [0.25, 0.3) is 0 Å². The molecule has 3 rings (SSSR count). The quantitative estimate of drug-likeness (QED) is 0.339. The maximum Gasteiger partial charge on any atom is 0.264 e. The van der Waals surface area contributed by atoms with Gasteiger partial charge in [-0.1, -0.05) is 43.3 Å². The lowest BCUT2D eigenvalue weighted by Crippen LogP contribution is -2.52. The van der Waals surface area contributed by atoms with Crippen LogP contribution < -0.4 is 14.4 Å². The zero-order valence-corrected chi connectivity index (χ0v) is 24.9. The Balaban J connectivity index is 2.03. The number of amides is 2. The molecule has 0 fully saturated rings. The van der Waals surface area contributed by atoms with Crippen molar-refractivity contribution in [3.05, 3.63) is 89.5 Å². The Labute approximate surface area is 238 Å². The smallest absolute Gasteiger partial charge is 0.264 e. The van der Waals surface area contributed by atoms with E-state index in [4.69, 9.17) is 4.74 Å². The molecule has 3 aromatic carbocycles. The fraction of sp³-hybridized carbons (Fsp3) is 0.355. The Hall–Kier alpha value is -3.85. The molecule has 214 valence electrons. The van der Waals surface area contributed by atoms with Gasteiger partial charge < -0.3 is 15.0 Å². The number of nitrogens with zero attached hydrogens (tertiary/aromatic N) is 2. The standard InChI is InChI=1S/C31H39N3O5S/c1-7-24(4)32-31(36)25(5)33(20-26-14-17-28(39-6)18-15-26)30(35)21-34(27-16-13-22(2)23(3)19-27)40(37,38)29-11-9-8-10-12-29/h8-19,24-25H,7,20-21H2,1-6H3,(H,32,36)/t24-,25-/m0/s1. The number of aryl methyl sites for hydroxylation is 2. The van der Waals surface area contributed by atoms with Gasteiger partial charge in [0.05, 0.1) is 17.7 Å². The summed E-state index contributed by atoms with van der Waals surface area (Å²) in [5, 5.41) is 2.94. The molecule has 3 aromatic rings. The highest BCUT2D eigenvalue weighted by atomic mass is 32.2. The number of rotatable bonds is 12. The van der Waals surface area contributed by atoms with Gasteiger partial charge in [-0.05, 0) is 87.2 Å². The highest BCUT2D eigenvalue weighted by molar-refractivity contribution is 7.92. The second-order valence-corrected chi connectivity index (χ2v) is 11.8. The van der Waals surface area contributed by atoms with Gasteiger partial charge in [0, 0.05) is 12.6 Å². The van der Waals surface area contributed by atoms with Gasteiger partial charge in [-0.2, -0.15) is 0 Å². The summed E-state index contributed by atoms with van der Waals surface area (Å²) in [6.07, 6.45) is 0.737. The molecular formula is C31H39N3O5S. The molecule has 2 atom stereocenters. The molecule has 0 aliphatic heterocycles. The number of sulfonamides is 1. The lowest BCUT2D eigenvalue weighted by molar-refractivity contribution is -0.139. The summed E-state index contributed by atoms with van der Waals surface area (Å²) in [5.41, 5.74) is 3.06. The van der Waals surface area contributed by atoms with Crippen LogP contribution in [0.1, 0.15) is 43.9 Å². The van der Waals surface area contributed by atoms with Gasteiger partial charge in [0.2, 0.25) is 11.8 Å². The normalized spacial score (nSPS) is 12.8. The highest BCUT2D eigenvalue weighted by Gasteiger charge is 2.32. The maximum absolute atomic E-state index is 14.0. The first-order chi connectivity index (χ1) is 19.0. The first-order valence-electron chi connectivity index (χ1n) is 13.4. The summed E-state index contributed by atoms with van der Waals surface area (Å²) in [7, 11) is -2.52. The van der Waals surface area contributed by atoms with Crippen molar-refractivity contribution in [1.82, 2.24) is 10.2 Å². The van der Waals surface area contributed by atoms with Gasteiger partial charge in [-0.15, -0.1) is 0 Å². The Kier molecular flexibility index (Phi) is 10.3. The van der Waals surface area contributed by atoms with E-state index in [1.54, 1.807) is 56.5 Å². The topological polar surface area (TPSA) is 96.0 Å². The molecule has 0 radical (unpaired) electrons. The number of carbonyl (C=O) groups is 2. The predicted octanol–water partition coefficient (Wildman–Crippen LogP) is 4.84. The van der Waals surface area contributed by atoms with Gasteiger partial charge in [-0.3, -0.25) is 13.9 Å². The van der Waals surface area contributed by atoms with E-state index in [2.05, 4.69) is 5.32 Å². The van der Waals surface area contributed by atoms with E-state index in [-0.39, 0.29) is 23.4 Å². The summed E-state index contributed by atoms with van der Waals surface area (Å²) >= 11 is 0. The molecule has 0 bridgehead atoms. The van der Waals surface area contributed by atoms with Crippen molar-refractivity contribution in [2.24, 2.45) is 0 Å². The van der Waals surface area contributed by atoms with E-state index < -0.39 is 28.5 Å². The molecule has 0 spiro atoms. The van der Waals surface area contributed by atoms with Crippen molar-refractivity contribution >= 4 is 27.5 Å². The molecule has 40 heavy (non-hydrogen) atoms. The van der Waals surface area contributed by atoms with E-state index in [1.165, 1.54) is 17.0 Å². The highest BCUT2D eigenvalue weighted by Crippen LogP contribution is 2.26. The minimum Gasteiger partial charge on any atom is -0.497 e. The van der Waals surface area contributed by atoms with Crippen LogP contribution in [-0.4, -0.2) is 50.9 Å². The predicted molar refractivity (Wildman–Crippen MR) is 158 cm³/mol. The summed E-state index contributed by atoms with van der Waals surface area (Å²) in [6, 6.07) is 19.6. The Bertz CT molecular complexity index is 1410. The van der Waals surface area contributed by atoms with Gasteiger partial charge in [-0.25, -0.2) is 8.42 Å². The fourth-order valence-corrected chi connectivity index (χ4v) is 5.53. The van der Waals surface area contributed by atoms with Gasteiger partial charge >= 0.3 is 0 Å². The van der Waals surface area contributed by atoms with Crippen LogP contribution in [0.4, 0.5) is 5.69 Å². The van der Waals surface area contributed by atoms with E-state index in [0.29, 0.717) is 11.4 Å². The van der Waals surface area contributed by atoms with Crippen molar-refractivity contribution in [2.45, 2.75) is 64.6 Å². The van der Waals surface area contributed by atoms with Crippen LogP contribution in [0.2, 0.25) is 0 Å². The van der Waals surface area contributed by atoms with Gasteiger partial charge in [0.15, 0.2) is 0 Å². The Morgan fingerprint density at radius 2 is 1.57 bits per heavy atom. The fourth-order valence-electron chi connectivity index (χ4n) is 4.10. The molecule has 9 heteroatoms. The Morgan fingerprint density at radius 3 is 2.15 bits per heavy atom. The van der Waals surface area contributed by atoms with Crippen LogP contribution in [0, 0.1) is 13.8 Å². The van der Waals surface area contributed by atoms with Crippen molar-refractivity contribution in [3.8, 4) is 5.75 Å². The maximum atomic E-state index is 14.0. The van der Waals surface area contributed by atoms with Gasteiger partial charge in [0.1, 0.15) is 18.3 Å². The van der Waals surface area contributed by atoms with E-state index in [1.807, 2.05) is 45.9 Å². The lowest BCUT2D eigenvalue weighted by Gasteiger charge is -2.32. The van der Waals surface area contributed by atoms with Crippen LogP contribution in [0.3, 0.4) is 0 Å². The number of anilines is 1. The summed E-state index contributed by atoms with van der Waals surface area (Å²) in [6.45, 7) is 8.99. The molecule has 0 saturated heterocycles. The third-order valence-corrected chi connectivity index (χ3v) is 8.86. The average molecular weight is 566 g/mol. The minimum absolute atomic E-state index is 0.0709. The molecule has 0 heterocycles. The van der Waals surface area contributed by atoms with E-state index in [9.17, 15) is 18.0 Å². The number of ether oxygens (including phenoxy) is 1. The zero-order valence-electron chi connectivity index (χ0n) is 24.0. The number of benzene rings is 3. The minimum atomic E-state index is -4.09. The molecule has 0 unspecified atom stereocenters. The SMILES string of the molecule is CC[C@H](C)NC(=O)[C@H](C)N(Cc1ccc(OC)cc1)C(=O)CN(c1ccc(C)c(C)c1)S(=O)(=O)c1ccccc1. The third-order valence-electron chi connectivity index (χ3n) is 7.07. The van der Waals surface area contributed by atoms with Crippen molar-refractivity contribution < 1.29 is 22.7 Å². The molecule has 0 aliphatic rings. The summed E-state index contributed by atoms with van der Waals surface area (Å²) in [5.74, 6) is -0.140. The van der Waals surface area contributed by atoms with Crippen LogP contribution >= 0.6 is 0 Å². The average Bonchev–Trinajstić information content (AvgIpc) is 2.96. The van der Waals surface area contributed by atoms with Crippen LogP contribution in [0.15, 0.2) is 77.7 Å².